The van der Waals surface area contributed by atoms with Gasteiger partial charge in [0.2, 0.25) is 0 Å². The molecule has 3 N–H and O–H groups in total. The molecule has 0 saturated heterocycles. The number of aliphatic hydroxyl groups excluding tert-OH is 1. The molecule has 2 aromatic rings. The standard InChI is InChI=1S/C16H21N3OS.HI/c1-2-17-16(19-12-7-8-12)18-10-13(20)15-9-11-5-3-4-6-14(11)21-15;/h3-6,9,12-13,20H,2,7-8,10H2,1H3,(H2,17,18,19);1H. The van der Waals surface area contributed by atoms with E-state index in [9.17, 15) is 5.11 Å². The van der Waals surface area contributed by atoms with Gasteiger partial charge in [-0.3, -0.25) is 4.99 Å². The summed E-state index contributed by atoms with van der Waals surface area (Å²) in [5.41, 5.74) is 0. The predicted molar refractivity (Wildman–Crippen MR) is 104 cm³/mol. The zero-order valence-corrected chi connectivity index (χ0v) is 15.7. The number of guanidine groups is 1. The highest BCUT2D eigenvalue weighted by molar-refractivity contribution is 14.0. The number of halogens is 1. The van der Waals surface area contributed by atoms with Crippen LogP contribution in [-0.2, 0) is 0 Å². The largest absolute Gasteiger partial charge is 0.386 e. The molecule has 1 unspecified atom stereocenters. The minimum atomic E-state index is -0.544. The van der Waals surface area contributed by atoms with Gasteiger partial charge in [0, 0.05) is 22.2 Å². The number of hydrogen-bond donors (Lipinski definition) is 3. The molecule has 0 radical (unpaired) electrons. The molecule has 1 atom stereocenters. The Kier molecular flexibility index (Phi) is 6.46. The fourth-order valence-electron chi connectivity index (χ4n) is 2.18. The van der Waals surface area contributed by atoms with Crippen LogP contribution in [0.3, 0.4) is 0 Å². The van der Waals surface area contributed by atoms with Crippen LogP contribution in [0.15, 0.2) is 35.3 Å². The number of fused-ring (bicyclic) bond motifs is 1. The van der Waals surface area contributed by atoms with Gasteiger partial charge in [0.15, 0.2) is 5.96 Å². The van der Waals surface area contributed by atoms with Crippen molar-refractivity contribution >= 4 is 51.4 Å². The van der Waals surface area contributed by atoms with Crippen molar-refractivity contribution in [3.8, 4) is 0 Å². The lowest BCUT2D eigenvalue weighted by Gasteiger charge is -2.11. The molecule has 3 rings (SSSR count). The highest BCUT2D eigenvalue weighted by Crippen LogP contribution is 2.29. The average Bonchev–Trinajstić information content (AvgIpc) is 3.19. The first-order valence-corrected chi connectivity index (χ1v) is 8.29. The quantitative estimate of drug-likeness (QED) is 0.387. The minimum absolute atomic E-state index is 0. The van der Waals surface area contributed by atoms with E-state index in [0.29, 0.717) is 12.6 Å². The van der Waals surface area contributed by atoms with E-state index in [-0.39, 0.29) is 24.0 Å². The van der Waals surface area contributed by atoms with E-state index in [0.717, 1.165) is 17.4 Å². The summed E-state index contributed by atoms with van der Waals surface area (Å²) in [5.74, 6) is 0.806. The van der Waals surface area contributed by atoms with Crippen molar-refractivity contribution in [2.45, 2.75) is 31.9 Å². The Labute approximate surface area is 152 Å². The molecular weight excluding hydrogens is 409 g/mol. The molecule has 0 spiro atoms. The van der Waals surface area contributed by atoms with Gasteiger partial charge in [-0.1, -0.05) is 18.2 Å². The fourth-order valence-corrected chi connectivity index (χ4v) is 3.22. The lowest BCUT2D eigenvalue weighted by atomic mass is 10.2. The summed E-state index contributed by atoms with van der Waals surface area (Å²) in [7, 11) is 0. The van der Waals surface area contributed by atoms with Crippen molar-refractivity contribution in [2.24, 2.45) is 4.99 Å². The minimum Gasteiger partial charge on any atom is -0.386 e. The molecular formula is C16H22IN3OS. The molecule has 1 aliphatic rings. The molecule has 1 aromatic heterocycles. The summed E-state index contributed by atoms with van der Waals surface area (Å²) in [4.78, 5) is 5.47. The Morgan fingerprint density at radius 3 is 2.86 bits per heavy atom. The Bertz CT molecular complexity index is 606. The van der Waals surface area contributed by atoms with E-state index in [1.54, 1.807) is 11.3 Å². The molecule has 0 bridgehead atoms. The van der Waals surface area contributed by atoms with Gasteiger partial charge in [-0.05, 0) is 37.3 Å². The third-order valence-corrected chi connectivity index (χ3v) is 4.68. The van der Waals surface area contributed by atoms with Crippen LogP contribution in [0, 0.1) is 0 Å². The number of rotatable bonds is 5. The maximum atomic E-state index is 10.3. The second-order valence-corrected chi connectivity index (χ2v) is 6.46. The van der Waals surface area contributed by atoms with Gasteiger partial charge in [0.25, 0.3) is 0 Å². The number of nitrogens with one attached hydrogen (secondary N) is 2. The molecule has 6 heteroatoms. The van der Waals surface area contributed by atoms with Gasteiger partial charge in [-0.25, -0.2) is 0 Å². The molecule has 1 saturated carbocycles. The first-order valence-electron chi connectivity index (χ1n) is 7.47. The van der Waals surface area contributed by atoms with Gasteiger partial charge in [0.1, 0.15) is 6.10 Å². The molecule has 4 nitrogen and oxygen atoms in total. The SMILES string of the molecule is CCNC(=NCC(O)c1cc2ccccc2s1)NC1CC1.I. The normalized spacial score (nSPS) is 16.2. The molecule has 0 amide bonds. The summed E-state index contributed by atoms with van der Waals surface area (Å²) in [5, 5.41) is 18.1. The molecule has 1 aromatic carbocycles. The first-order chi connectivity index (χ1) is 10.3. The van der Waals surface area contributed by atoms with Crippen molar-refractivity contribution in [1.29, 1.82) is 0 Å². The van der Waals surface area contributed by atoms with Gasteiger partial charge in [-0.2, -0.15) is 0 Å². The topological polar surface area (TPSA) is 56.7 Å². The molecule has 1 heterocycles. The zero-order chi connectivity index (χ0) is 14.7. The summed E-state index contributed by atoms with van der Waals surface area (Å²) < 4.78 is 1.21. The van der Waals surface area contributed by atoms with Crippen LogP contribution >= 0.6 is 35.3 Å². The third-order valence-electron chi connectivity index (χ3n) is 3.46. The summed E-state index contributed by atoms with van der Waals surface area (Å²) in [6.45, 7) is 3.26. The van der Waals surface area contributed by atoms with Gasteiger partial charge in [0.05, 0.1) is 6.54 Å². The van der Waals surface area contributed by atoms with Crippen molar-refractivity contribution in [3.05, 3.63) is 35.2 Å². The second kappa shape index (κ2) is 8.12. The maximum absolute atomic E-state index is 10.3. The van der Waals surface area contributed by atoms with Crippen LogP contribution in [-0.4, -0.2) is 30.2 Å². The number of aliphatic hydroxyl groups is 1. The van der Waals surface area contributed by atoms with Crippen LogP contribution in [0.5, 0.6) is 0 Å². The van der Waals surface area contributed by atoms with E-state index in [4.69, 9.17) is 0 Å². The van der Waals surface area contributed by atoms with Crippen molar-refractivity contribution < 1.29 is 5.11 Å². The van der Waals surface area contributed by atoms with Crippen molar-refractivity contribution in [2.75, 3.05) is 13.1 Å². The van der Waals surface area contributed by atoms with Crippen LogP contribution in [0.4, 0.5) is 0 Å². The summed E-state index contributed by atoms with van der Waals surface area (Å²) >= 11 is 1.64. The predicted octanol–water partition coefficient (Wildman–Crippen LogP) is 3.27. The lowest BCUT2D eigenvalue weighted by Crippen LogP contribution is -2.38. The Hall–Kier alpha value is -0.860. The van der Waals surface area contributed by atoms with Crippen molar-refractivity contribution in [3.63, 3.8) is 0 Å². The highest BCUT2D eigenvalue weighted by atomic mass is 127. The van der Waals surface area contributed by atoms with Crippen LogP contribution in [0.25, 0.3) is 10.1 Å². The monoisotopic (exact) mass is 431 g/mol. The average molecular weight is 431 g/mol. The zero-order valence-electron chi connectivity index (χ0n) is 12.6. The highest BCUT2D eigenvalue weighted by Gasteiger charge is 2.22. The maximum Gasteiger partial charge on any atom is 0.191 e. The molecule has 1 aliphatic carbocycles. The summed E-state index contributed by atoms with van der Waals surface area (Å²) in [6, 6.07) is 10.8. The Morgan fingerprint density at radius 2 is 2.18 bits per heavy atom. The molecule has 22 heavy (non-hydrogen) atoms. The smallest absolute Gasteiger partial charge is 0.191 e. The van der Waals surface area contributed by atoms with Crippen LogP contribution < -0.4 is 10.6 Å². The number of hydrogen-bond acceptors (Lipinski definition) is 3. The van der Waals surface area contributed by atoms with Gasteiger partial charge >= 0.3 is 0 Å². The van der Waals surface area contributed by atoms with Crippen LogP contribution in [0.1, 0.15) is 30.7 Å². The fraction of sp³-hybridized carbons (Fsp3) is 0.438. The Balaban J connectivity index is 0.00000176. The Morgan fingerprint density at radius 1 is 1.41 bits per heavy atom. The van der Waals surface area contributed by atoms with Crippen LogP contribution in [0.2, 0.25) is 0 Å². The lowest BCUT2D eigenvalue weighted by molar-refractivity contribution is 0.191. The van der Waals surface area contributed by atoms with E-state index in [2.05, 4.69) is 33.8 Å². The van der Waals surface area contributed by atoms with E-state index in [1.165, 1.54) is 22.9 Å². The number of nitrogens with zero attached hydrogens (tertiary/aromatic N) is 1. The third kappa shape index (κ3) is 4.57. The van der Waals surface area contributed by atoms with E-state index >= 15 is 0 Å². The molecule has 0 aliphatic heterocycles. The second-order valence-electron chi connectivity index (χ2n) is 5.34. The molecule has 1 fully saturated rings. The summed E-state index contributed by atoms with van der Waals surface area (Å²) in [6.07, 6.45) is 1.88. The number of aliphatic imine (C=N–C) groups is 1. The number of benzene rings is 1. The van der Waals surface area contributed by atoms with E-state index < -0.39 is 6.10 Å². The molecule has 120 valence electrons. The number of thiophene rings is 1. The first kappa shape index (κ1) is 17.5. The van der Waals surface area contributed by atoms with E-state index in [1.807, 2.05) is 19.1 Å². The van der Waals surface area contributed by atoms with Crippen molar-refractivity contribution in [1.82, 2.24) is 10.6 Å². The van der Waals surface area contributed by atoms with Gasteiger partial charge < -0.3 is 15.7 Å². The van der Waals surface area contributed by atoms with Gasteiger partial charge in [-0.15, -0.1) is 35.3 Å².